The van der Waals surface area contributed by atoms with E-state index in [1.165, 1.54) is 205 Å². The minimum Gasteiger partial charge on any atom is -0.462 e. The van der Waals surface area contributed by atoms with Crippen LogP contribution in [-0.2, 0) is 28.6 Å². The molecule has 0 aromatic carbocycles. The number of ether oxygens (including phenoxy) is 3. The van der Waals surface area contributed by atoms with E-state index in [9.17, 15) is 14.4 Å². The van der Waals surface area contributed by atoms with E-state index in [1.807, 2.05) is 0 Å². The first-order valence-corrected chi connectivity index (χ1v) is 30.7. The van der Waals surface area contributed by atoms with Crippen molar-refractivity contribution in [2.45, 2.75) is 329 Å². The van der Waals surface area contributed by atoms with E-state index in [1.54, 1.807) is 0 Å². The smallest absolute Gasteiger partial charge is 0.306 e. The van der Waals surface area contributed by atoms with Crippen molar-refractivity contribution in [2.75, 3.05) is 13.2 Å². The Kier molecular flexibility index (Phi) is 56.7. The molecular formula is C64H116O6. The molecule has 6 heteroatoms. The number of carbonyl (C=O) groups is 3. The van der Waals surface area contributed by atoms with Crippen LogP contribution in [0.25, 0.3) is 0 Å². The van der Waals surface area contributed by atoms with E-state index in [0.717, 1.165) is 77.0 Å². The Morgan fingerprint density at radius 3 is 0.843 bits per heavy atom. The van der Waals surface area contributed by atoms with Crippen LogP contribution in [0.4, 0.5) is 0 Å². The molecule has 1 atom stereocenters. The van der Waals surface area contributed by atoms with Crippen LogP contribution in [0.1, 0.15) is 323 Å². The summed E-state index contributed by atoms with van der Waals surface area (Å²) in [5, 5.41) is 0. The second-order valence-corrected chi connectivity index (χ2v) is 20.7. The molecule has 6 nitrogen and oxygen atoms in total. The monoisotopic (exact) mass is 981 g/mol. The molecule has 0 aromatic rings. The molecule has 0 radical (unpaired) electrons. The summed E-state index contributed by atoms with van der Waals surface area (Å²) in [5.41, 5.74) is 0. The Hall–Kier alpha value is -2.63. The molecule has 0 rings (SSSR count). The number of allylic oxidation sites excluding steroid dienone is 8. The van der Waals surface area contributed by atoms with Crippen LogP contribution in [0, 0.1) is 0 Å². The molecule has 0 N–H and O–H groups in total. The van der Waals surface area contributed by atoms with Gasteiger partial charge in [0, 0.05) is 19.3 Å². The summed E-state index contributed by atoms with van der Waals surface area (Å²) >= 11 is 0. The normalized spacial score (nSPS) is 12.3. The van der Waals surface area contributed by atoms with E-state index in [-0.39, 0.29) is 31.1 Å². The number of unbranched alkanes of at least 4 members (excludes halogenated alkanes) is 39. The molecule has 0 aliphatic heterocycles. The van der Waals surface area contributed by atoms with Crippen molar-refractivity contribution in [3.8, 4) is 0 Å². The van der Waals surface area contributed by atoms with E-state index >= 15 is 0 Å². The number of rotatable bonds is 56. The highest BCUT2D eigenvalue weighted by Gasteiger charge is 2.19. The molecule has 0 heterocycles. The zero-order valence-corrected chi connectivity index (χ0v) is 46.8. The Bertz CT molecular complexity index is 1220. The van der Waals surface area contributed by atoms with E-state index in [0.29, 0.717) is 19.3 Å². The van der Waals surface area contributed by atoms with Crippen molar-refractivity contribution in [3.63, 3.8) is 0 Å². The summed E-state index contributed by atoms with van der Waals surface area (Å²) in [7, 11) is 0. The van der Waals surface area contributed by atoms with E-state index < -0.39 is 6.10 Å². The standard InChI is InChI=1S/C64H116O6/c1-4-7-10-13-16-19-22-25-28-30-32-34-36-39-42-45-48-51-54-57-63(66)69-60-61(59-68-62(65)56-53-50-47-44-41-38-35-27-24-21-18-15-12-9-6-3)70-64(67)58-55-52-49-46-43-40-37-33-31-29-26-23-20-17-14-11-8-5-2/h21,23-24,26,29,31,33,37,61H,4-20,22,25,27-28,30,32,34-36,38-60H2,1-3H3/b24-21-,26-23-,31-29-,37-33-. The zero-order chi connectivity index (χ0) is 50.7. The fourth-order valence-electron chi connectivity index (χ4n) is 8.97. The predicted octanol–water partition coefficient (Wildman–Crippen LogP) is 20.6. The SMILES string of the molecule is CCCCCC/C=C\CCCCCCCCCC(=O)OCC(COC(=O)CCCCCCCCCCCCCCCCCCCCC)OC(=O)CCCCCCC\C=C/C=C\C=C/CCCCCCC. The molecule has 0 aliphatic carbocycles. The molecule has 0 saturated heterocycles. The van der Waals surface area contributed by atoms with Gasteiger partial charge in [-0.25, -0.2) is 0 Å². The van der Waals surface area contributed by atoms with Gasteiger partial charge in [-0.1, -0.05) is 281 Å². The van der Waals surface area contributed by atoms with Gasteiger partial charge in [-0.05, 0) is 70.6 Å². The van der Waals surface area contributed by atoms with Crippen molar-refractivity contribution in [1.29, 1.82) is 0 Å². The lowest BCUT2D eigenvalue weighted by Gasteiger charge is -2.18. The topological polar surface area (TPSA) is 78.9 Å². The Morgan fingerprint density at radius 2 is 0.529 bits per heavy atom. The van der Waals surface area contributed by atoms with Crippen LogP contribution < -0.4 is 0 Å². The van der Waals surface area contributed by atoms with E-state index in [4.69, 9.17) is 14.2 Å². The summed E-state index contributed by atoms with van der Waals surface area (Å²) in [6.07, 6.45) is 72.4. The van der Waals surface area contributed by atoms with E-state index in [2.05, 4.69) is 69.4 Å². The van der Waals surface area contributed by atoms with Gasteiger partial charge in [0.05, 0.1) is 0 Å². The van der Waals surface area contributed by atoms with Gasteiger partial charge in [0.2, 0.25) is 0 Å². The van der Waals surface area contributed by atoms with Crippen LogP contribution >= 0.6 is 0 Å². The summed E-state index contributed by atoms with van der Waals surface area (Å²) in [6, 6.07) is 0. The summed E-state index contributed by atoms with van der Waals surface area (Å²) < 4.78 is 16.9. The third-order valence-corrected chi connectivity index (χ3v) is 13.6. The van der Waals surface area contributed by atoms with Crippen molar-refractivity contribution in [3.05, 3.63) is 48.6 Å². The summed E-state index contributed by atoms with van der Waals surface area (Å²) in [5.74, 6) is -0.886. The first-order chi connectivity index (χ1) is 34.5. The predicted molar refractivity (Wildman–Crippen MR) is 302 cm³/mol. The number of hydrogen-bond acceptors (Lipinski definition) is 6. The molecule has 0 aliphatic rings. The maximum Gasteiger partial charge on any atom is 0.306 e. The highest BCUT2D eigenvalue weighted by molar-refractivity contribution is 5.71. The maximum atomic E-state index is 12.9. The highest BCUT2D eigenvalue weighted by atomic mass is 16.6. The van der Waals surface area contributed by atoms with Gasteiger partial charge >= 0.3 is 17.9 Å². The van der Waals surface area contributed by atoms with Gasteiger partial charge in [0.25, 0.3) is 0 Å². The van der Waals surface area contributed by atoms with Gasteiger partial charge < -0.3 is 14.2 Å². The number of hydrogen-bond donors (Lipinski definition) is 0. The van der Waals surface area contributed by atoms with Gasteiger partial charge in [-0.3, -0.25) is 14.4 Å². The molecule has 0 bridgehead atoms. The van der Waals surface area contributed by atoms with Gasteiger partial charge in [0.15, 0.2) is 6.10 Å². The second-order valence-electron chi connectivity index (χ2n) is 20.7. The van der Waals surface area contributed by atoms with Crippen LogP contribution in [0.2, 0.25) is 0 Å². The Labute approximate surface area is 435 Å². The average Bonchev–Trinajstić information content (AvgIpc) is 3.36. The molecule has 70 heavy (non-hydrogen) atoms. The van der Waals surface area contributed by atoms with Crippen molar-refractivity contribution in [1.82, 2.24) is 0 Å². The van der Waals surface area contributed by atoms with Crippen molar-refractivity contribution < 1.29 is 28.6 Å². The van der Waals surface area contributed by atoms with Gasteiger partial charge in [-0.2, -0.15) is 0 Å². The molecule has 0 spiro atoms. The number of carbonyl (C=O) groups excluding carboxylic acids is 3. The first-order valence-electron chi connectivity index (χ1n) is 30.7. The lowest BCUT2D eigenvalue weighted by Crippen LogP contribution is -2.30. The molecular weight excluding hydrogens is 865 g/mol. The fourth-order valence-corrected chi connectivity index (χ4v) is 8.97. The van der Waals surface area contributed by atoms with Gasteiger partial charge in [0.1, 0.15) is 13.2 Å². The van der Waals surface area contributed by atoms with Crippen LogP contribution in [0.5, 0.6) is 0 Å². The molecule has 0 saturated carbocycles. The molecule has 0 amide bonds. The highest BCUT2D eigenvalue weighted by Crippen LogP contribution is 2.17. The molecule has 0 fully saturated rings. The minimum absolute atomic E-state index is 0.0795. The summed E-state index contributed by atoms with van der Waals surface area (Å²) in [4.78, 5) is 38.2. The maximum absolute atomic E-state index is 12.9. The first kappa shape index (κ1) is 67.4. The lowest BCUT2D eigenvalue weighted by molar-refractivity contribution is -0.167. The molecule has 0 aromatic heterocycles. The average molecular weight is 982 g/mol. The lowest BCUT2D eigenvalue weighted by atomic mass is 10.0. The zero-order valence-electron chi connectivity index (χ0n) is 46.8. The quantitative estimate of drug-likeness (QED) is 0.0199. The van der Waals surface area contributed by atoms with Crippen molar-refractivity contribution >= 4 is 17.9 Å². The molecule has 1 unspecified atom stereocenters. The molecule has 408 valence electrons. The Balaban J connectivity index is 4.38. The number of esters is 3. The third kappa shape index (κ3) is 56.3. The van der Waals surface area contributed by atoms with Crippen LogP contribution in [0.15, 0.2) is 48.6 Å². The van der Waals surface area contributed by atoms with Gasteiger partial charge in [-0.15, -0.1) is 0 Å². The second kappa shape index (κ2) is 58.9. The fraction of sp³-hybridized carbons (Fsp3) is 0.828. The van der Waals surface area contributed by atoms with Crippen LogP contribution in [0.3, 0.4) is 0 Å². The third-order valence-electron chi connectivity index (χ3n) is 13.6. The van der Waals surface area contributed by atoms with Crippen molar-refractivity contribution in [2.24, 2.45) is 0 Å². The summed E-state index contributed by atoms with van der Waals surface area (Å²) in [6.45, 7) is 6.64. The Morgan fingerprint density at radius 1 is 0.286 bits per heavy atom. The van der Waals surface area contributed by atoms with Crippen LogP contribution in [-0.4, -0.2) is 37.2 Å². The minimum atomic E-state index is -0.784. The largest absolute Gasteiger partial charge is 0.462 e.